The molecule has 0 aromatic heterocycles. The second kappa shape index (κ2) is 13.7. The van der Waals surface area contributed by atoms with Crippen LogP contribution in [0.25, 0.3) is 0 Å². The van der Waals surface area contributed by atoms with Crippen LogP contribution in [0.3, 0.4) is 0 Å². The van der Waals surface area contributed by atoms with Crippen molar-refractivity contribution >= 4 is 27.5 Å². The van der Waals surface area contributed by atoms with Crippen LogP contribution < -0.4 is 14.4 Å². The van der Waals surface area contributed by atoms with Gasteiger partial charge in [-0.25, -0.2) is 8.42 Å². The number of aryl methyl sites for hydroxylation is 3. The number of nitrogens with one attached hydrogen (secondary N) is 1. The van der Waals surface area contributed by atoms with Crippen LogP contribution in [0.5, 0.6) is 5.75 Å². The Labute approximate surface area is 244 Å². The van der Waals surface area contributed by atoms with Gasteiger partial charge in [0.05, 0.1) is 17.7 Å². The molecule has 1 N–H and O–H groups in total. The summed E-state index contributed by atoms with van der Waals surface area (Å²) in [7, 11) is -2.74. The highest BCUT2D eigenvalue weighted by Gasteiger charge is 2.35. The lowest BCUT2D eigenvalue weighted by atomic mass is 10.1. The Kier molecular flexibility index (Phi) is 10.6. The first-order valence-electron chi connectivity index (χ1n) is 13.8. The standard InChI is InChI=1S/C32H41N3O5S/c1-8-28(32(37)33-22(2)3)34(20-26-12-10-9-11-25(26)6)31(36)21-35(29-19-24(5)15-18-30(29)40-7)41(38,39)27-16-13-23(4)14-17-27/h9-19,22,28H,8,20-21H2,1-7H3,(H,33,37)/t28-/m0/s1. The molecule has 0 heterocycles. The first kappa shape index (κ1) is 31.7. The summed E-state index contributed by atoms with van der Waals surface area (Å²) in [6.45, 7) is 10.8. The van der Waals surface area contributed by atoms with Crippen molar-refractivity contribution < 1.29 is 22.7 Å². The maximum Gasteiger partial charge on any atom is 0.264 e. The Morgan fingerprint density at radius 3 is 2.15 bits per heavy atom. The van der Waals surface area contributed by atoms with E-state index in [9.17, 15) is 18.0 Å². The average Bonchev–Trinajstić information content (AvgIpc) is 2.92. The molecule has 3 aromatic carbocycles. The van der Waals surface area contributed by atoms with Crippen molar-refractivity contribution in [2.24, 2.45) is 0 Å². The number of anilines is 1. The van der Waals surface area contributed by atoms with Gasteiger partial charge in [-0.3, -0.25) is 13.9 Å². The Bertz CT molecular complexity index is 1470. The molecule has 3 aromatic rings. The molecule has 9 heteroatoms. The van der Waals surface area contributed by atoms with Gasteiger partial charge in [-0.15, -0.1) is 0 Å². The molecule has 0 fully saturated rings. The number of amides is 2. The minimum absolute atomic E-state index is 0.0505. The number of methoxy groups -OCH3 is 1. The van der Waals surface area contributed by atoms with Gasteiger partial charge in [-0.1, -0.05) is 55.0 Å². The van der Waals surface area contributed by atoms with Crippen LogP contribution in [0, 0.1) is 20.8 Å². The van der Waals surface area contributed by atoms with Crippen molar-refractivity contribution in [2.45, 2.75) is 71.5 Å². The van der Waals surface area contributed by atoms with Crippen LogP contribution in [0.1, 0.15) is 49.4 Å². The fraction of sp³-hybridized carbons (Fsp3) is 0.375. The van der Waals surface area contributed by atoms with Gasteiger partial charge < -0.3 is 15.0 Å². The lowest BCUT2D eigenvalue weighted by molar-refractivity contribution is -0.140. The van der Waals surface area contributed by atoms with Gasteiger partial charge >= 0.3 is 0 Å². The minimum atomic E-state index is -4.20. The second-order valence-electron chi connectivity index (χ2n) is 10.5. The first-order valence-corrected chi connectivity index (χ1v) is 15.2. The molecule has 41 heavy (non-hydrogen) atoms. The van der Waals surface area contributed by atoms with E-state index in [0.717, 1.165) is 26.6 Å². The summed E-state index contributed by atoms with van der Waals surface area (Å²) in [5.74, 6) is -0.474. The number of hydrogen-bond acceptors (Lipinski definition) is 5. The van der Waals surface area contributed by atoms with E-state index in [2.05, 4.69) is 5.32 Å². The number of sulfonamides is 1. The monoisotopic (exact) mass is 579 g/mol. The summed E-state index contributed by atoms with van der Waals surface area (Å²) >= 11 is 0. The van der Waals surface area contributed by atoms with E-state index in [0.29, 0.717) is 12.2 Å². The molecule has 0 aliphatic rings. The molecule has 0 saturated carbocycles. The summed E-state index contributed by atoms with van der Waals surface area (Å²) < 4.78 is 34.9. The van der Waals surface area contributed by atoms with Crippen molar-refractivity contribution in [3.05, 3.63) is 89.0 Å². The molecule has 0 unspecified atom stereocenters. The second-order valence-corrected chi connectivity index (χ2v) is 12.4. The van der Waals surface area contributed by atoms with Crippen molar-refractivity contribution in [3.63, 3.8) is 0 Å². The molecular weight excluding hydrogens is 538 g/mol. The predicted molar refractivity (Wildman–Crippen MR) is 163 cm³/mol. The van der Waals surface area contributed by atoms with Crippen LogP contribution in [0.15, 0.2) is 71.6 Å². The molecule has 0 aliphatic heterocycles. The molecule has 0 bridgehead atoms. The van der Waals surface area contributed by atoms with E-state index in [1.807, 2.05) is 71.9 Å². The molecule has 2 amide bonds. The lowest BCUT2D eigenvalue weighted by Gasteiger charge is -2.34. The third kappa shape index (κ3) is 7.67. The molecule has 220 valence electrons. The van der Waals surface area contributed by atoms with Gasteiger partial charge in [-0.05, 0) is 82.0 Å². The van der Waals surface area contributed by atoms with Crippen LogP contribution in [-0.4, -0.2) is 50.9 Å². The maximum absolute atomic E-state index is 14.2. The van der Waals surface area contributed by atoms with Crippen LogP contribution in [0.4, 0.5) is 5.69 Å². The van der Waals surface area contributed by atoms with E-state index < -0.39 is 28.5 Å². The SMILES string of the molecule is CC[C@@H](C(=O)NC(C)C)N(Cc1ccccc1C)C(=O)CN(c1cc(C)ccc1OC)S(=O)(=O)c1ccc(C)cc1. The highest BCUT2D eigenvalue weighted by atomic mass is 32.2. The average molecular weight is 580 g/mol. The van der Waals surface area contributed by atoms with Crippen LogP contribution >= 0.6 is 0 Å². The first-order chi connectivity index (χ1) is 19.4. The van der Waals surface area contributed by atoms with E-state index in [-0.39, 0.29) is 29.1 Å². The Balaban J connectivity index is 2.15. The summed E-state index contributed by atoms with van der Waals surface area (Å²) in [4.78, 5) is 29.1. The number of rotatable bonds is 12. The van der Waals surface area contributed by atoms with Gasteiger partial charge in [0.2, 0.25) is 11.8 Å². The number of nitrogens with zero attached hydrogens (tertiary/aromatic N) is 2. The highest BCUT2D eigenvalue weighted by molar-refractivity contribution is 7.92. The zero-order chi connectivity index (χ0) is 30.3. The molecule has 3 rings (SSSR count). The fourth-order valence-electron chi connectivity index (χ4n) is 4.62. The molecule has 1 atom stereocenters. The van der Waals surface area contributed by atoms with Crippen molar-refractivity contribution in [3.8, 4) is 5.75 Å². The number of benzene rings is 3. The molecular formula is C32H41N3O5S. The van der Waals surface area contributed by atoms with E-state index in [1.54, 1.807) is 24.3 Å². The van der Waals surface area contributed by atoms with Crippen molar-refractivity contribution in [1.29, 1.82) is 0 Å². The van der Waals surface area contributed by atoms with E-state index in [4.69, 9.17) is 4.74 Å². The third-order valence-corrected chi connectivity index (χ3v) is 8.68. The molecule has 0 radical (unpaired) electrons. The summed E-state index contributed by atoms with van der Waals surface area (Å²) in [5.41, 5.74) is 3.80. The summed E-state index contributed by atoms with van der Waals surface area (Å²) in [6.07, 6.45) is 0.356. The van der Waals surface area contributed by atoms with Crippen LogP contribution in [0.2, 0.25) is 0 Å². The third-order valence-electron chi connectivity index (χ3n) is 6.91. The molecule has 8 nitrogen and oxygen atoms in total. The van der Waals surface area contributed by atoms with Gasteiger partial charge in [0.25, 0.3) is 10.0 Å². The van der Waals surface area contributed by atoms with Gasteiger partial charge in [0.15, 0.2) is 0 Å². The molecule has 0 aliphatic carbocycles. The number of hydrogen-bond donors (Lipinski definition) is 1. The zero-order valence-electron chi connectivity index (χ0n) is 25.0. The van der Waals surface area contributed by atoms with E-state index in [1.165, 1.54) is 24.1 Å². The highest BCUT2D eigenvalue weighted by Crippen LogP contribution is 2.34. The smallest absolute Gasteiger partial charge is 0.264 e. The predicted octanol–water partition coefficient (Wildman–Crippen LogP) is 5.15. The Hall–Kier alpha value is -3.85. The number of carbonyl (C=O) groups excluding carboxylic acids is 2. The van der Waals surface area contributed by atoms with Gasteiger partial charge in [0, 0.05) is 12.6 Å². The largest absolute Gasteiger partial charge is 0.495 e. The Morgan fingerprint density at radius 1 is 0.927 bits per heavy atom. The zero-order valence-corrected chi connectivity index (χ0v) is 25.8. The van der Waals surface area contributed by atoms with Gasteiger partial charge in [-0.2, -0.15) is 0 Å². The fourth-order valence-corrected chi connectivity index (χ4v) is 6.03. The van der Waals surface area contributed by atoms with Gasteiger partial charge in [0.1, 0.15) is 18.3 Å². The topological polar surface area (TPSA) is 96.0 Å². The van der Waals surface area contributed by atoms with Crippen molar-refractivity contribution in [2.75, 3.05) is 18.0 Å². The summed E-state index contributed by atoms with van der Waals surface area (Å²) in [5, 5.41) is 2.92. The number of ether oxygens (including phenoxy) is 1. The Morgan fingerprint density at radius 2 is 1.56 bits per heavy atom. The maximum atomic E-state index is 14.2. The minimum Gasteiger partial charge on any atom is -0.495 e. The normalized spacial score (nSPS) is 12.1. The van der Waals surface area contributed by atoms with Crippen molar-refractivity contribution in [1.82, 2.24) is 10.2 Å². The lowest BCUT2D eigenvalue weighted by Crippen LogP contribution is -2.53. The van der Waals surface area contributed by atoms with E-state index >= 15 is 0 Å². The molecule has 0 saturated heterocycles. The van der Waals surface area contributed by atoms with Crippen LogP contribution in [-0.2, 0) is 26.2 Å². The number of carbonyl (C=O) groups is 2. The quantitative estimate of drug-likeness (QED) is 0.320. The summed E-state index contributed by atoms with van der Waals surface area (Å²) in [6, 6.07) is 18.4. The molecule has 0 spiro atoms.